The van der Waals surface area contributed by atoms with Gasteiger partial charge in [0.25, 0.3) is 0 Å². The van der Waals surface area contributed by atoms with Gasteiger partial charge in [-0.1, -0.05) is 12.1 Å². The standard InChI is InChI=1S/C12H18FNO3/c13-11-4-1-3-10(12(11)16)9-14-5-2-7-17-8-6-15/h1,3-4,14-16H,2,5-9H2. The number of aromatic hydroxyl groups is 1. The summed E-state index contributed by atoms with van der Waals surface area (Å²) < 4.78 is 18.1. The molecule has 0 aliphatic carbocycles. The molecule has 0 radical (unpaired) electrons. The van der Waals surface area contributed by atoms with E-state index >= 15 is 0 Å². The summed E-state index contributed by atoms with van der Waals surface area (Å²) in [5.74, 6) is -0.896. The second-order valence-corrected chi connectivity index (χ2v) is 3.61. The van der Waals surface area contributed by atoms with Gasteiger partial charge in [-0.3, -0.25) is 0 Å². The highest BCUT2D eigenvalue weighted by atomic mass is 19.1. The number of aliphatic hydroxyl groups excluding tert-OH is 1. The fourth-order valence-corrected chi connectivity index (χ4v) is 1.39. The van der Waals surface area contributed by atoms with Crippen molar-refractivity contribution in [3.8, 4) is 5.75 Å². The van der Waals surface area contributed by atoms with Gasteiger partial charge in [-0.25, -0.2) is 4.39 Å². The van der Waals surface area contributed by atoms with Crippen LogP contribution < -0.4 is 5.32 Å². The van der Waals surface area contributed by atoms with Gasteiger partial charge in [0.15, 0.2) is 11.6 Å². The van der Waals surface area contributed by atoms with E-state index in [0.717, 1.165) is 6.42 Å². The number of aliphatic hydroxyl groups is 1. The molecule has 0 saturated heterocycles. The molecule has 0 saturated carbocycles. The molecule has 17 heavy (non-hydrogen) atoms. The van der Waals surface area contributed by atoms with E-state index in [0.29, 0.717) is 31.9 Å². The Bertz CT molecular complexity index is 334. The zero-order valence-corrected chi connectivity index (χ0v) is 9.66. The van der Waals surface area contributed by atoms with Crippen LogP contribution in [0.15, 0.2) is 18.2 Å². The summed E-state index contributed by atoms with van der Waals surface area (Å²) in [6.45, 7) is 2.09. The van der Waals surface area contributed by atoms with E-state index in [9.17, 15) is 9.50 Å². The minimum atomic E-state index is -0.601. The Labute approximate surface area is 100 Å². The first-order valence-corrected chi connectivity index (χ1v) is 5.61. The highest BCUT2D eigenvalue weighted by molar-refractivity contribution is 5.33. The molecular weight excluding hydrogens is 225 g/mol. The zero-order valence-electron chi connectivity index (χ0n) is 9.66. The van der Waals surface area contributed by atoms with Gasteiger partial charge in [0.2, 0.25) is 0 Å². The summed E-state index contributed by atoms with van der Waals surface area (Å²) >= 11 is 0. The van der Waals surface area contributed by atoms with Crippen LogP contribution in [0.2, 0.25) is 0 Å². The van der Waals surface area contributed by atoms with Gasteiger partial charge in [0.05, 0.1) is 13.2 Å². The van der Waals surface area contributed by atoms with Crippen LogP contribution in [-0.2, 0) is 11.3 Å². The first-order valence-electron chi connectivity index (χ1n) is 5.61. The fourth-order valence-electron chi connectivity index (χ4n) is 1.39. The number of phenols is 1. The number of rotatable bonds is 8. The minimum Gasteiger partial charge on any atom is -0.505 e. The predicted octanol–water partition coefficient (Wildman–Crippen LogP) is 1.02. The maximum atomic E-state index is 13.0. The lowest BCUT2D eigenvalue weighted by Gasteiger charge is -2.07. The number of para-hydroxylation sites is 1. The third-order valence-electron chi connectivity index (χ3n) is 2.26. The van der Waals surface area contributed by atoms with Gasteiger partial charge in [0, 0.05) is 18.7 Å². The minimum absolute atomic E-state index is 0.0323. The molecule has 0 bridgehead atoms. The van der Waals surface area contributed by atoms with Crippen LogP contribution >= 0.6 is 0 Å². The van der Waals surface area contributed by atoms with E-state index in [1.165, 1.54) is 6.07 Å². The quantitative estimate of drug-likeness (QED) is 0.597. The normalized spacial score (nSPS) is 10.7. The van der Waals surface area contributed by atoms with E-state index < -0.39 is 5.82 Å². The molecule has 1 aromatic rings. The van der Waals surface area contributed by atoms with Crippen molar-refractivity contribution < 1.29 is 19.3 Å². The summed E-state index contributed by atoms with van der Waals surface area (Å²) in [6.07, 6.45) is 0.802. The Balaban J connectivity index is 2.16. The Morgan fingerprint density at radius 1 is 1.29 bits per heavy atom. The van der Waals surface area contributed by atoms with Crippen molar-refractivity contribution in [1.82, 2.24) is 5.32 Å². The van der Waals surface area contributed by atoms with E-state index in [1.54, 1.807) is 12.1 Å². The van der Waals surface area contributed by atoms with Crippen molar-refractivity contribution in [2.45, 2.75) is 13.0 Å². The number of benzene rings is 1. The molecule has 0 fully saturated rings. The van der Waals surface area contributed by atoms with Gasteiger partial charge in [-0.05, 0) is 19.0 Å². The van der Waals surface area contributed by atoms with Crippen molar-refractivity contribution in [3.63, 3.8) is 0 Å². The molecule has 0 aliphatic heterocycles. The van der Waals surface area contributed by atoms with Crippen molar-refractivity contribution in [1.29, 1.82) is 0 Å². The summed E-state index contributed by atoms with van der Waals surface area (Å²) in [5, 5.41) is 21.0. The van der Waals surface area contributed by atoms with Crippen molar-refractivity contribution in [2.75, 3.05) is 26.4 Å². The molecular formula is C12H18FNO3. The first kappa shape index (κ1) is 13.9. The molecule has 0 spiro atoms. The molecule has 4 nitrogen and oxygen atoms in total. The summed E-state index contributed by atoms with van der Waals surface area (Å²) in [4.78, 5) is 0. The average Bonchev–Trinajstić information content (AvgIpc) is 2.33. The Morgan fingerprint density at radius 2 is 2.12 bits per heavy atom. The molecule has 0 amide bonds. The lowest BCUT2D eigenvalue weighted by atomic mass is 10.2. The highest BCUT2D eigenvalue weighted by Crippen LogP contribution is 2.20. The number of hydrogen-bond acceptors (Lipinski definition) is 4. The maximum Gasteiger partial charge on any atom is 0.165 e. The van der Waals surface area contributed by atoms with E-state index in [4.69, 9.17) is 9.84 Å². The summed E-state index contributed by atoms with van der Waals surface area (Å²) in [7, 11) is 0. The molecule has 1 aromatic carbocycles. The fraction of sp³-hybridized carbons (Fsp3) is 0.500. The molecule has 0 atom stereocenters. The predicted molar refractivity (Wildman–Crippen MR) is 62.3 cm³/mol. The molecule has 0 aromatic heterocycles. The molecule has 0 unspecified atom stereocenters. The van der Waals surface area contributed by atoms with Crippen LogP contribution in [-0.4, -0.2) is 36.6 Å². The lowest BCUT2D eigenvalue weighted by molar-refractivity contribution is 0.0907. The van der Waals surface area contributed by atoms with Gasteiger partial charge in [-0.2, -0.15) is 0 Å². The lowest BCUT2D eigenvalue weighted by Crippen LogP contribution is -2.17. The Hall–Kier alpha value is -1.17. The van der Waals surface area contributed by atoms with Crippen molar-refractivity contribution >= 4 is 0 Å². The van der Waals surface area contributed by atoms with E-state index in [-0.39, 0.29) is 12.4 Å². The smallest absolute Gasteiger partial charge is 0.165 e. The first-order chi connectivity index (χ1) is 8.25. The van der Waals surface area contributed by atoms with E-state index in [1.807, 2.05) is 0 Å². The molecule has 5 heteroatoms. The van der Waals surface area contributed by atoms with Crippen LogP contribution in [0.25, 0.3) is 0 Å². The monoisotopic (exact) mass is 243 g/mol. The SMILES string of the molecule is OCCOCCCNCc1cccc(F)c1O. The number of phenolic OH excluding ortho intramolecular Hbond substituents is 1. The van der Waals surface area contributed by atoms with Crippen molar-refractivity contribution in [3.05, 3.63) is 29.6 Å². The van der Waals surface area contributed by atoms with Gasteiger partial charge in [0.1, 0.15) is 0 Å². The largest absolute Gasteiger partial charge is 0.505 e. The molecule has 96 valence electrons. The number of halogens is 1. The third kappa shape index (κ3) is 5.12. The van der Waals surface area contributed by atoms with Crippen LogP contribution in [0.3, 0.4) is 0 Å². The number of hydrogen-bond donors (Lipinski definition) is 3. The molecule has 0 aliphatic rings. The molecule has 1 rings (SSSR count). The summed E-state index contributed by atoms with van der Waals surface area (Å²) in [6, 6.07) is 4.46. The van der Waals surface area contributed by atoms with Crippen LogP contribution in [0.1, 0.15) is 12.0 Å². The van der Waals surface area contributed by atoms with Crippen LogP contribution in [0.4, 0.5) is 4.39 Å². The molecule has 0 heterocycles. The average molecular weight is 243 g/mol. The van der Waals surface area contributed by atoms with Crippen molar-refractivity contribution in [2.24, 2.45) is 0 Å². The van der Waals surface area contributed by atoms with Gasteiger partial charge in [-0.15, -0.1) is 0 Å². The Morgan fingerprint density at radius 3 is 2.88 bits per heavy atom. The zero-order chi connectivity index (χ0) is 12.5. The van der Waals surface area contributed by atoms with Crippen LogP contribution in [0, 0.1) is 5.82 Å². The Kier molecular flexibility index (Phi) is 6.54. The third-order valence-corrected chi connectivity index (χ3v) is 2.26. The number of ether oxygens (including phenoxy) is 1. The second-order valence-electron chi connectivity index (χ2n) is 3.61. The highest BCUT2D eigenvalue weighted by Gasteiger charge is 2.05. The summed E-state index contributed by atoms with van der Waals surface area (Å²) in [5.41, 5.74) is 0.543. The van der Waals surface area contributed by atoms with E-state index in [2.05, 4.69) is 5.32 Å². The maximum absolute atomic E-state index is 13.0. The topological polar surface area (TPSA) is 61.7 Å². The number of nitrogens with one attached hydrogen (secondary N) is 1. The van der Waals surface area contributed by atoms with Gasteiger partial charge >= 0.3 is 0 Å². The molecule has 3 N–H and O–H groups in total. The van der Waals surface area contributed by atoms with Gasteiger partial charge < -0.3 is 20.3 Å². The van der Waals surface area contributed by atoms with Crippen LogP contribution in [0.5, 0.6) is 5.75 Å². The second kappa shape index (κ2) is 8.00.